The van der Waals surface area contributed by atoms with E-state index in [1.807, 2.05) is 30.3 Å². The van der Waals surface area contributed by atoms with Gasteiger partial charge in [-0.1, -0.05) is 41.9 Å². The normalized spacial score (nSPS) is 14.8. The fraction of sp³-hybridized carbons (Fsp3) is 0.150. The Labute approximate surface area is 146 Å². The number of nitrogens with zero attached hydrogens (tertiary/aromatic N) is 1. The molecule has 0 amide bonds. The lowest BCUT2D eigenvalue weighted by Crippen LogP contribution is -2.31. The van der Waals surface area contributed by atoms with Gasteiger partial charge < -0.3 is 10.2 Å². The van der Waals surface area contributed by atoms with E-state index >= 15 is 0 Å². The van der Waals surface area contributed by atoms with Gasteiger partial charge in [0.05, 0.1) is 17.2 Å². The predicted molar refractivity (Wildman–Crippen MR) is 95.2 cm³/mol. The molecule has 0 saturated heterocycles. The zero-order valence-electron chi connectivity index (χ0n) is 13.2. The van der Waals surface area contributed by atoms with Crippen molar-refractivity contribution in [2.75, 3.05) is 0 Å². The summed E-state index contributed by atoms with van der Waals surface area (Å²) in [7, 11) is 0. The number of aliphatic hydroxyl groups is 1. The lowest BCUT2D eigenvalue weighted by Gasteiger charge is -2.33. The third kappa shape index (κ3) is 3.28. The van der Waals surface area contributed by atoms with E-state index in [1.54, 1.807) is 49.5 Å². The summed E-state index contributed by atoms with van der Waals surface area (Å²) in [6.45, 7) is 1.75. The highest BCUT2D eigenvalue weighted by Crippen LogP contribution is 2.41. The van der Waals surface area contributed by atoms with E-state index in [0.717, 1.165) is 11.3 Å². The van der Waals surface area contributed by atoms with Crippen molar-refractivity contribution < 1.29 is 10.2 Å². The van der Waals surface area contributed by atoms with Gasteiger partial charge in [0.1, 0.15) is 5.75 Å². The average molecular weight is 340 g/mol. The van der Waals surface area contributed by atoms with Gasteiger partial charge in [-0.05, 0) is 54.4 Å². The largest absolute Gasteiger partial charge is 0.508 e. The van der Waals surface area contributed by atoms with Gasteiger partial charge in [0.2, 0.25) is 0 Å². The molecule has 122 valence electrons. The molecular weight excluding hydrogens is 322 g/mol. The number of phenols is 1. The number of benzene rings is 2. The Hall–Kier alpha value is -2.36. The molecule has 3 rings (SSSR count). The van der Waals surface area contributed by atoms with Crippen LogP contribution in [0.2, 0.25) is 5.02 Å². The van der Waals surface area contributed by atoms with Crippen molar-refractivity contribution in [3.63, 3.8) is 0 Å². The Morgan fingerprint density at radius 2 is 1.75 bits per heavy atom. The molecule has 24 heavy (non-hydrogen) atoms. The van der Waals surface area contributed by atoms with Gasteiger partial charge >= 0.3 is 0 Å². The highest BCUT2D eigenvalue weighted by Gasteiger charge is 2.37. The first kappa shape index (κ1) is 16.5. The minimum Gasteiger partial charge on any atom is -0.508 e. The molecule has 0 spiro atoms. The van der Waals surface area contributed by atoms with Crippen LogP contribution in [-0.4, -0.2) is 15.2 Å². The van der Waals surface area contributed by atoms with Crippen LogP contribution in [0.25, 0.3) is 0 Å². The maximum Gasteiger partial charge on any atom is 0.115 e. The fourth-order valence-corrected chi connectivity index (χ4v) is 3.16. The van der Waals surface area contributed by atoms with E-state index in [9.17, 15) is 10.2 Å². The van der Waals surface area contributed by atoms with Gasteiger partial charge in [-0.3, -0.25) is 4.98 Å². The molecule has 1 heterocycles. The molecule has 3 aromatic rings. The third-order valence-electron chi connectivity index (χ3n) is 4.18. The minimum atomic E-state index is -1.23. The summed E-state index contributed by atoms with van der Waals surface area (Å²) in [5.41, 5.74) is 1.08. The van der Waals surface area contributed by atoms with Crippen LogP contribution in [0.4, 0.5) is 0 Å². The second kappa shape index (κ2) is 6.63. The lowest BCUT2D eigenvalue weighted by molar-refractivity contribution is 0.0380. The number of rotatable bonds is 4. The van der Waals surface area contributed by atoms with E-state index in [4.69, 9.17) is 11.6 Å². The van der Waals surface area contributed by atoms with Gasteiger partial charge in [-0.25, -0.2) is 0 Å². The second-order valence-corrected chi connectivity index (χ2v) is 6.37. The summed E-state index contributed by atoms with van der Waals surface area (Å²) in [6, 6.07) is 19.6. The monoisotopic (exact) mass is 339 g/mol. The first-order valence-corrected chi connectivity index (χ1v) is 8.04. The fourth-order valence-electron chi connectivity index (χ4n) is 2.97. The maximum absolute atomic E-state index is 11.4. The molecular formula is C20H18ClNO2. The summed E-state index contributed by atoms with van der Waals surface area (Å²) < 4.78 is 0. The van der Waals surface area contributed by atoms with Crippen LogP contribution in [0.1, 0.15) is 29.7 Å². The molecule has 0 unspecified atom stereocenters. The summed E-state index contributed by atoms with van der Waals surface area (Å²) in [6.07, 6.45) is 1.71. The number of pyridine rings is 1. The molecule has 0 radical (unpaired) electrons. The standard InChI is InChI=1S/C20H18ClNO2/c1-20(24,15-5-4-6-16(21)13-15)19(18-7-2-3-12-22-18)14-8-10-17(23)11-9-14/h2-13,19,23-24H,1H3/t19-,20+/m0/s1. The number of aromatic nitrogens is 1. The van der Waals surface area contributed by atoms with Crippen LogP contribution in [0, 0.1) is 0 Å². The van der Waals surface area contributed by atoms with Gasteiger partial charge in [-0.2, -0.15) is 0 Å². The Kier molecular flexibility index (Phi) is 4.56. The summed E-state index contributed by atoms with van der Waals surface area (Å²) >= 11 is 6.11. The van der Waals surface area contributed by atoms with E-state index in [2.05, 4.69) is 4.98 Å². The van der Waals surface area contributed by atoms with Crippen molar-refractivity contribution in [1.29, 1.82) is 0 Å². The molecule has 4 heteroatoms. The molecule has 0 aliphatic heterocycles. The van der Waals surface area contributed by atoms with Gasteiger partial charge in [0, 0.05) is 11.2 Å². The molecule has 0 fully saturated rings. The number of hydrogen-bond acceptors (Lipinski definition) is 3. The van der Waals surface area contributed by atoms with Crippen molar-refractivity contribution in [1.82, 2.24) is 4.98 Å². The van der Waals surface area contributed by atoms with Crippen LogP contribution >= 0.6 is 11.6 Å². The molecule has 0 saturated carbocycles. The summed E-state index contributed by atoms with van der Waals surface area (Å²) in [5.74, 6) is -0.223. The first-order valence-electron chi connectivity index (χ1n) is 7.67. The van der Waals surface area contributed by atoms with Crippen molar-refractivity contribution in [2.24, 2.45) is 0 Å². The Balaban J connectivity index is 2.15. The molecule has 0 bridgehead atoms. The maximum atomic E-state index is 11.4. The Morgan fingerprint density at radius 1 is 1.00 bits per heavy atom. The zero-order valence-corrected chi connectivity index (χ0v) is 14.0. The Morgan fingerprint density at radius 3 is 2.38 bits per heavy atom. The van der Waals surface area contributed by atoms with Crippen molar-refractivity contribution in [2.45, 2.75) is 18.4 Å². The van der Waals surface area contributed by atoms with E-state index < -0.39 is 11.5 Å². The third-order valence-corrected chi connectivity index (χ3v) is 4.42. The van der Waals surface area contributed by atoms with Crippen molar-refractivity contribution in [3.8, 4) is 5.75 Å². The summed E-state index contributed by atoms with van der Waals surface area (Å²) in [4.78, 5) is 4.44. The van der Waals surface area contributed by atoms with E-state index in [-0.39, 0.29) is 5.75 Å². The van der Waals surface area contributed by atoms with E-state index in [0.29, 0.717) is 10.6 Å². The van der Waals surface area contributed by atoms with Crippen molar-refractivity contribution >= 4 is 11.6 Å². The van der Waals surface area contributed by atoms with Crippen LogP contribution in [-0.2, 0) is 5.60 Å². The minimum absolute atomic E-state index is 0.181. The predicted octanol–water partition coefficient (Wildman–Crippen LogP) is 4.48. The SMILES string of the molecule is C[C@@](O)(c1cccc(Cl)c1)[C@@H](c1ccc(O)cc1)c1ccccn1. The molecule has 0 aliphatic carbocycles. The van der Waals surface area contributed by atoms with Crippen LogP contribution in [0.3, 0.4) is 0 Å². The van der Waals surface area contributed by atoms with Gasteiger partial charge in [0.25, 0.3) is 0 Å². The number of phenolic OH excluding ortho intramolecular Hbond substituents is 1. The van der Waals surface area contributed by atoms with Crippen LogP contribution in [0.15, 0.2) is 72.9 Å². The highest BCUT2D eigenvalue weighted by atomic mass is 35.5. The number of hydrogen-bond donors (Lipinski definition) is 2. The van der Waals surface area contributed by atoms with Crippen molar-refractivity contribution in [3.05, 3.63) is 94.8 Å². The van der Waals surface area contributed by atoms with Gasteiger partial charge in [0.15, 0.2) is 0 Å². The first-order chi connectivity index (χ1) is 11.5. The zero-order chi connectivity index (χ0) is 17.2. The van der Waals surface area contributed by atoms with E-state index in [1.165, 1.54) is 0 Å². The highest BCUT2D eigenvalue weighted by molar-refractivity contribution is 6.30. The van der Waals surface area contributed by atoms with Gasteiger partial charge in [-0.15, -0.1) is 0 Å². The molecule has 2 atom stereocenters. The smallest absolute Gasteiger partial charge is 0.115 e. The molecule has 2 N–H and O–H groups in total. The average Bonchev–Trinajstić information content (AvgIpc) is 2.58. The van der Waals surface area contributed by atoms with Crippen LogP contribution < -0.4 is 0 Å². The quantitative estimate of drug-likeness (QED) is 0.736. The summed E-state index contributed by atoms with van der Waals surface area (Å²) in [5, 5.41) is 21.5. The van der Waals surface area contributed by atoms with Crippen LogP contribution in [0.5, 0.6) is 5.75 Å². The lowest BCUT2D eigenvalue weighted by atomic mass is 9.76. The molecule has 0 aliphatic rings. The molecule has 2 aromatic carbocycles. The molecule has 1 aromatic heterocycles. The second-order valence-electron chi connectivity index (χ2n) is 5.94. The number of aromatic hydroxyl groups is 1. The number of halogens is 1. The Bertz CT molecular complexity index is 817. The topological polar surface area (TPSA) is 53.4 Å². The molecule has 3 nitrogen and oxygen atoms in total.